The van der Waals surface area contributed by atoms with E-state index in [1.54, 1.807) is 6.07 Å². The number of H-pyrrole nitrogens is 1. The predicted molar refractivity (Wildman–Crippen MR) is 56.9 cm³/mol. The number of aryl methyl sites for hydroxylation is 1. The highest BCUT2D eigenvalue weighted by molar-refractivity contribution is 5.46. The summed E-state index contributed by atoms with van der Waals surface area (Å²) in [6, 6.07) is 3.69. The van der Waals surface area contributed by atoms with Gasteiger partial charge in [0.2, 0.25) is 5.56 Å². The summed E-state index contributed by atoms with van der Waals surface area (Å²) in [5.41, 5.74) is 1.94. The number of nitrogens with zero attached hydrogens (tertiary/aromatic N) is 1. The summed E-state index contributed by atoms with van der Waals surface area (Å²) in [5.74, 6) is 0. The van der Waals surface area contributed by atoms with Gasteiger partial charge in [0.25, 0.3) is 0 Å². The Bertz CT molecular complexity index is 366. The quantitative estimate of drug-likeness (QED) is 0.664. The molecule has 76 valence electrons. The van der Waals surface area contributed by atoms with Gasteiger partial charge in [-0.25, -0.2) is 0 Å². The van der Waals surface area contributed by atoms with E-state index in [1.807, 2.05) is 13.0 Å². The minimum atomic E-state index is -0.0152. The highest BCUT2D eigenvalue weighted by Gasteiger charge is 2.10. The average Bonchev–Trinajstić information content (AvgIpc) is 2.18. The van der Waals surface area contributed by atoms with Crippen LogP contribution in [0, 0.1) is 6.92 Å². The van der Waals surface area contributed by atoms with Crippen molar-refractivity contribution in [2.45, 2.75) is 6.92 Å². The third-order valence-corrected chi connectivity index (χ3v) is 2.45. The van der Waals surface area contributed by atoms with E-state index < -0.39 is 0 Å². The summed E-state index contributed by atoms with van der Waals surface area (Å²) >= 11 is 0. The van der Waals surface area contributed by atoms with Crippen molar-refractivity contribution in [3.05, 3.63) is 28.2 Å². The Kier molecular flexibility index (Phi) is 2.54. The van der Waals surface area contributed by atoms with Gasteiger partial charge >= 0.3 is 0 Å². The fourth-order valence-corrected chi connectivity index (χ4v) is 1.77. The van der Waals surface area contributed by atoms with Crippen LogP contribution >= 0.6 is 0 Å². The summed E-state index contributed by atoms with van der Waals surface area (Å²) < 4.78 is 0. The van der Waals surface area contributed by atoms with Crippen molar-refractivity contribution < 1.29 is 0 Å². The molecule has 1 aromatic heterocycles. The van der Waals surface area contributed by atoms with Crippen molar-refractivity contribution in [2.75, 3.05) is 31.1 Å². The maximum atomic E-state index is 11.3. The van der Waals surface area contributed by atoms with Gasteiger partial charge in [0, 0.05) is 43.6 Å². The Labute approximate surface area is 82.9 Å². The van der Waals surface area contributed by atoms with Crippen LogP contribution in [-0.4, -0.2) is 31.2 Å². The van der Waals surface area contributed by atoms with Crippen LogP contribution in [0.2, 0.25) is 0 Å². The Hall–Kier alpha value is -1.29. The van der Waals surface area contributed by atoms with Crippen molar-refractivity contribution in [3.63, 3.8) is 0 Å². The number of aromatic nitrogens is 1. The molecule has 4 heteroatoms. The number of hydrogen-bond donors (Lipinski definition) is 2. The molecule has 1 saturated heterocycles. The summed E-state index contributed by atoms with van der Waals surface area (Å²) in [4.78, 5) is 16.2. The molecular weight excluding hydrogens is 178 g/mol. The molecule has 1 aliphatic rings. The number of piperazine rings is 1. The first-order valence-corrected chi connectivity index (χ1v) is 4.92. The van der Waals surface area contributed by atoms with Crippen molar-refractivity contribution in [1.29, 1.82) is 0 Å². The second kappa shape index (κ2) is 3.84. The molecule has 0 saturated carbocycles. The topological polar surface area (TPSA) is 48.1 Å². The molecule has 0 unspecified atom stereocenters. The second-order valence-corrected chi connectivity index (χ2v) is 3.62. The lowest BCUT2D eigenvalue weighted by Gasteiger charge is -2.29. The maximum absolute atomic E-state index is 11.3. The smallest absolute Gasteiger partial charge is 0.250 e. The van der Waals surface area contributed by atoms with Crippen molar-refractivity contribution >= 4 is 5.69 Å². The molecule has 4 nitrogen and oxygen atoms in total. The van der Waals surface area contributed by atoms with E-state index >= 15 is 0 Å². The van der Waals surface area contributed by atoms with Crippen LogP contribution in [0.3, 0.4) is 0 Å². The molecule has 1 fully saturated rings. The van der Waals surface area contributed by atoms with Gasteiger partial charge in [-0.15, -0.1) is 0 Å². The lowest BCUT2D eigenvalue weighted by molar-refractivity contribution is 0.589. The van der Waals surface area contributed by atoms with E-state index in [0.29, 0.717) is 0 Å². The SMILES string of the molecule is Cc1cc(N2CCNCC2)cc(=O)[nH]1. The highest BCUT2D eigenvalue weighted by Crippen LogP contribution is 2.12. The minimum Gasteiger partial charge on any atom is -0.369 e. The van der Waals surface area contributed by atoms with Gasteiger partial charge in [0.15, 0.2) is 0 Å². The van der Waals surface area contributed by atoms with E-state index in [4.69, 9.17) is 0 Å². The Morgan fingerprint density at radius 3 is 2.64 bits per heavy atom. The molecule has 0 bridgehead atoms. The van der Waals surface area contributed by atoms with Crippen LogP contribution in [0.4, 0.5) is 5.69 Å². The number of aromatic amines is 1. The first kappa shape index (κ1) is 9.27. The van der Waals surface area contributed by atoms with Gasteiger partial charge < -0.3 is 15.2 Å². The number of anilines is 1. The van der Waals surface area contributed by atoms with Gasteiger partial charge in [-0.3, -0.25) is 4.79 Å². The van der Waals surface area contributed by atoms with Gasteiger partial charge in [-0.05, 0) is 13.0 Å². The molecule has 0 spiro atoms. The third kappa shape index (κ3) is 1.96. The first-order chi connectivity index (χ1) is 6.75. The van der Waals surface area contributed by atoms with E-state index in [0.717, 1.165) is 37.6 Å². The van der Waals surface area contributed by atoms with E-state index in [2.05, 4.69) is 15.2 Å². The minimum absolute atomic E-state index is 0.0152. The molecule has 14 heavy (non-hydrogen) atoms. The summed E-state index contributed by atoms with van der Waals surface area (Å²) in [5, 5.41) is 3.29. The first-order valence-electron chi connectivity index (χ1n) is 4.92. The van der Waals surface area contributed by atoms with E-state index in [9.17, 15) is 4.79 Å². The van der Waals surface area contributed by atoms with Gasteiger partial charge in [0.1, 0.15) is 0 Å². The Balaban J connectivity index is 2.26. The molecule has 1 aromatic rings. The molecular formula is C10H15N3O. The standard InChI is InChI=1S/C10H15N3O/c1-8-6-9(7-10(14)12-8)13-4-2-11-3-5-13/h6-7,11H,2-5H2,1H3,(H,12,14). The predicted octanol–water partition coefficient (Wildman–Crippen LogP) is 0.0929. The van der Waals surface area contributed by atoms with Crippen LogP contribution in [-0.2, 0) is 0 Å². The molecule has 2 heterocycles. The monoisotopic (exact) mass is 193 g/mol. The summed E-state index contributed by atoms with van der Waals surface area (Å²) in [6.45, 7) is 5.84. The van der Waals surface area contributed by atoms with Crippen LogP contribution in [0.5, 0.6) is 0 Å². The van der Waals surface area contributed by atoms with Crippen LogP contribution in [0.1, 0.15) is 5.69 Å². The third-order valence-electron chi connectivity index (χ3n) is 2.45. The largest absolute Gasteiger partial charge is 0.369 e. The summed E-state index contributed by atoms with van der Waals surface area (Å²) in [7, 11) is 0. The highest BCUT2D eigenvalue weighted by atomic mass is 16.1. The molecule has 2 N–H and O–H groups in total. The number of rotatable bonds is 1. The van der Waals surface area contributed by atoms with Crippen molar-refractivity contribution in [2.24, 2.45) is 0 Å². The molecule has 2 rings (SSSR count). The van der Waals surface area contributed by atoms with Crippen molar-refractivity contribution in [3.8, 4) is 0 Å². The average molecular weight is 193 g/mol. The normalized spacial score (nSPS) is 17.1. The fourth-order valence-electron chi connectivity index (χ4n) is 1.77. The zero-order valence-electron chi connectivity index (χ0n) is 8.34. The molecule has 1 aliphatic heterocycles. The van der Waals surface area contributed by atoms with Crippen LogP contribution in [0.25, 0.3) is 0 Å². The Morgan fingerprint density at radius 1 is 1.29 bits per heavy atom. The van der Waals surface area contributed by atoms with E-state index in [-0.39, 0.29) is 5.56 Å². The van der Waals surface area contributed by atoms with Crippen LogP contribution in [0.15, 0.2) is 16.9 Å². The lowest BCUT2D eigenvalue weighted by atomic mass is 10.2. The zero-order valence-corrected chi connectivity index (χ0v) is 8.34. The lowest BCUT2D eigenvalue weighted by Crippen LogP contribution is -2.43. The molecule has 0 radical (unpaired) electrons. The number of nitrogens with one attached hydrogen (secondary N) is 2. The molecule has 0 amide bonds. The molecule has 0 atom stereocenters. The van der Waals surface area contributed by atoms with Crippen molar-refractivity contribution in [1.82, 2.24) is 10.3 Å². The summed E-state index contributed by atoms with van der Waals surface area (Å²) in [6.07, 6.45) is 0. The molecule has 0 aliphatic carbocycles. The Morgan fingerprint density at radius 2 is 2.00 bits per heavy atom. The van der Waals surface area contributed by atoms with E-state index in [1.165, 1.54) is 0 Å². The van der Waals surface area contributed by atoms with Gasteiger partial charge in [0.05, 0.1) is 0 Å². The van der Waals surface area contributed by atoms with Gasteiger partial charge in [-0.1, -0.05) is 0 Å². The van der Waals surface area contributed by atoms with Gasteiger partial charge in [-0.2, -0.15) is 0 Å². The second-order valence-electron chi connectivity index (χ2n) is 3.62. The van der Waals surface area contributed by atoms with Crippen LogP contribution < -0.4 is 15.8 Å². The molecule has 0 aromatic carbocycles. The number of pyridine rings is 1. The fraction of sp³-hybridized carbons (Fsp3) is 0.500. The number of hydrogen-bond acceptors (Lipinski definition) is 3. The maximum Gasteiger partial charge on any atom is 0.250 e. The zero-order chi connectivity index (χ0) is 9.97.